The van der Waals surface area contributed by atoms with Gasteiger partial charge in [-0.1, -0.05) is 60.8 Å². The van der Waals surface area contributed by atoms with E-state index >= 15 is 0 Å². The molecule has 0 N–H and O–H groups in total. The first-order valence-corrected chi connectivity index (χ1v) is 9.32. The summed E-state index contributed by atoms with van der Waals surface area (Å²) >= 11 is 0. The standard InChI is InChI=1S/C10H16Si2/c1-11(2)9-6-5-7-10(8-9)12(3)4/h5-8H,1-4H3. The van der Waals surface area contributed by atoms with Gasteiger partial charge in [0.25, 0.3) is 0 Å². The van der Waals surface area contributed by atoms with E-state index in [-0.39, 0.29) is 17.6 Å². The SMILES string of the molecule is C[Si](C)c1cccc([Si](C)C)c1. The van der Waals surface area contributed by atoms with Crippen molar-refractivity contribution in [3.63, 3.8) is 0 Å². The van der Waals surface area contributed by atoms with Crippen LogP contribution in [0.3, 0.4) is 0 Å². The fraction of sp³-hybridized carbons (Fsp3) is 0.400. The Labute approximate surface area is 78.8 Å². The number of hydrogen-bond acceptors (Lipinski definition) is 0. The fourth-order valence-electron chi connectivity index (χ4n) is 1.14. The van der Waals surface area contributed by atoms with Crippen LogP contribution < -0.4 is 10.4 Å². The lowest BCUT2D eigenvalue weighted by Gasteiger charge is -2.08. The number of hydrogen-bond donors (Lipinski definition) is 0. The number of benzene rings is 1. The molecule has 2 heteroatoms. The first kappa shape index (κ1) is 9.74. The van der Waals surface area contributed by atoms with Gasteiger partial charge in [0, 0.05) is 0 Å². The van der Waals surface area contributed by atoms with Gasteiger partial charge in [0.15, 0.2) is 0 Å². The molecule has 0 aromatic heterocycles. The molecule has 1 rings (SSSR count). The molecule has 0 saturated carbocycles. The Morgan fingerprint density at radius 1 is 0.833 bits per heavy atom. The number of rotatable bonds is 2. The monoisotopic (exact) mass is 192 g/mol. The summed E-state index contributed by atoms with van der Waals surface area (Å²) in [6, 6.07) is 9.15. The first-order valence-electron chi connectivity index (χ1n) is 4.32. The van der Waals surface area contributed by atoms with Crippen LogP contribution in [-0.4, -0.2) is 17.6 Å². The van der Waals surface area contributed by atoms with E-state index in [0.717, 1.165) is 0 Å². The van der Waals surface area contributed by atoms with Crippen LogP contribution >= 0.6 is 0 Å². The second-order valence-corrected chi connectivity index (χ2v) is 8.74. The van der Waals surface area contributed by atoms with E-state index in [9.17, 15) is 0 Å². The fourth-order valence-corrected chi connectivity index (χ4v) is 3.03. The summed E-state index contributed by atoms with van der Waals surface area (Å²) in [5, 5.41) is 3.15. The summed E-state index contributed by atoms with van der Waals surface area (Å²) in [5.41, 5.74) is 0. The normalized spacial score (nSPS) is 11.2. The van der Waals surface area contributed by atoms with Crippen LogP contribution in [0.4, 0.5) is 0 Å². The quantitative estimate of drug-likeness (QED) is 0.625. The molecule has 0 spiro atoms. The zero-order chi connectivity index (χ0) is 9.14. The molecule has 0 atom stereocenters. The molecule has 0 aliphatic heterocycles. The molecule has 1 aromatic rings. The van der Waals surface area contributed by atoms with Crippen molar-refractivity contribution in [3.05, 3.63) is 24.3 Å². The highest BCUT2D eigenvalue weighted by atomic mass is 28.3. The second-order valence-electron chi connectivity index (χ2n) is 3.58. The van der Waals surface area contributed by atoms with Crippen molar-refractivity contribution in [2.24, 2.45) is 0 Å². The maximum Gasteiger partial charge on any atom is 0.0791 e. The van der Waals surface area contributed by atoms with Gasteiger partial charge in [-0.3, -0.25) is 0 Å². The Hall–Kier alpha value is -0.346. The molecule has 64 valence electrons. The van der Waals surface area contributed by atoms with Crippen molar-refractivity contribution in [2.45, 2.75) is 26.2 Å². The van der Waals surface area contributed by atoms with Crippen molar-refractivity contribution in [2.75, 3.05) is 0 Å². The maximum atomic E-state index is 2.41. The van der Waals surface area contributed by atoms with Gasteiger partial charge in [-0.2, -0.15) is 0 Å². The molecule has 0 amide bonds. The highest BCUT2D eigenvalue weighted by molar-refractivity contribution is 6.74. The van der Waals surface area contributed by atoms with Crippen LogP contribution in [0.1, 0.15) is 0 Å². The van der Waals surface area contributed by atoms with Crippen LogP contribution in [0.15, 0.2) is 24.3 Å². The van der Waals surface area contributed by atoms with Crippen LogP contribution in [-0.2, 0) is 0 Å². The zero-order valence-corrected chi connectivity index (χ0v) is 10.3. The van der Waals surface area contributed by atoms with Gasteiger partial charge in [0.2, 0.25) is 0 Å². The molecule has 0 aliphatic rings. The predicted molar refractivity (Wildman–Crippen MR) is 60.7 cm³/mol. The third-order valence-corrected chi connectivity index (χ3v) is 4.95. The molecular weight excluding hydrogens is 176 g/mol. The minimum absolute atomic E-state index is 0.251. The van der Waals surface area contributed by atoms with Crippen molar-refractivity contribution in [1.29, 1.82) is 0 Å². The Bertz CT molecular complexity index is 231. The predicted octanol–water partition coefficient (Wildman–Crippen LogP) is 1.61. The van der Waals surface area contributed by atoms with E-state index in [1.807, 2.05) is 0 Å². The van der Waals surface area contributed by atoms with E-state index in [0.29, 0.717) is 0 Å². The minimum Gasteiger partial charge on any atom is -0.0671 e. The van der Waals surface area contributed by atoms with Gasteiger partial charge in [-0.15, -0.1) is 0 Å². The van der Waals surface area contributed by atoms with Crippen molar-refractivity contribution in [3.8, 4) is 0 Å². The highest BCUT2D eigenvalue weighted by Crippen LogP contribution is 1.89. The molecule has 0 heterocycles. The van der Waals surface area contributed by atoms with E-state index in [4.69, 9.17) is 0 Å². The van der Waals surface area contributed by atoms with Gasteiger partial charge in [-0.25, -0.2) is 0 Å². The summed E-state index contributed by atoms with van der Waals surface area (Å²) in [6.45, 7) is 9.39. The molecule has 1 aromatic carbocycles. The molecule has 2 radical (unpaired) electrons. The molecule has 12 heavy (non-hydrogen) atoms. The molecule has 0 saturated heterocycles. The largest absolute Gasteiger partial charge is 0.0791 e. The Morgan fingerprint density at radius 2 is 1.25 bits per heavy atom. The lowest BCUT2D eigenvalue weighted by atomic mass is 10.4. The second kappa shape index (κ2) is 4.05. The summed E-state index contributed by atoms with van der Waals surface area (Å²) in [7, 11) is -0.502. The van der Waals surface area contributed by atoms with Crippen molar-refractivity contribution >= 4 is 28.0 Å². The third-order valence-electron chi connectivity index (χ3n) is 2.02. The van der Waals surface area contributed by atoms with Gasteiger partial charge < -0.3 is 0 Å². The first-order chi connectivity index (χ1) is 5.61. The molecule has 0 nitrogen and oxygen atoms in total. The molecule has 0 unspecified atom stereocenters. The van der Waals surface area contributed by atoms with Crippen LogP contribution in [0, 0.1) is 0 Å². The Kier molecular flexibility index (Phi) is 3.29. The maximum absolute atomic E-state index is 2.41. The van der Waals surface area contributed by atoms with Gasteiger partial charge in [0.05, 0.1) is 17.6 Å². The van der Waals surface area contributed by atoms with Crippen LogP contribution in [0.2, 0.25) is 26.2 Å². The van der Waals surface area contributed by atoms with Gasteiger partial charge in [-0.05, 0) is 0 Å². The van der Waals surface area contributed by atoms with Gasteiger partial charge >= 0.3 is 0 Å². The molecule has 0 aliphatic carbocycles. The van der Waals surface area contributed by atoms with E-state index in [2.05, 4.69) is 50.5 Å². The smallest absolute Gasteiger partial charge is 0.0671 e. The molecule has 0 bridgehead atoms. The average molecular weight is 192 g/mol. The molecular formula is C10H16Si2. The van der Waals surface area contributed by atoms with Crippen LogP contribution in [0.25, 0.3) is 0 Å². The lowest BCUT2D eigenvalue weighted by Crippen LogP contribution is -2.31. The third kappa shape index (κ3) is 2.32. The molecule has 0 fully saturated rings. The van der Waals surface area contributed by atoms with Crippen molar-refractivity contribution in [1.82, 2.24) is 0 Å². The minimum atomic E-state index is -0.251. The Morgan fingerprint density at radius 3 is 1.58 bits per heavy atom. The van der Waals surface area contributed by atoms with E-state index in [1.54, 1.807) is 10.4 Å². The van der Waals surface area contributed by atoms with E-state index < -0.39 is 0 Å². The zero-order valence-electron chi connectivity index (χ0n) is 8.31. The summed E-state index contributed by atoms with van der Waals surface area (Å²) in [6.07, 6.45) is 0. The van der Waals surface area contributed by atoms with Crippen LogP contribution in [0.5, 0.6) is 0 Å². The summed E-state index contributed by atoms with van der Waals surface area (Å²) in [4.78, 5) is 0. The Balaban J connectivity index is 2.96. The topological polar surface area (TPSA) is 0 Å². The van der Waals surface area contributed by atoms with E-state index in [1.165, 1.54) is 0 Å². The lowest BCUT2D eigenvalue weighted by molar-refractivity contribution is 1.76. The van der Waals surface area contributed by atoms with Gasteiger partial charge in [0.1, 0.15) is 0 Å². The average Bonchev–Trinajstić information content (AvgIpc) is 2.04. The van der Waals surface area contributed by atoms with Crippen molar-refractivity contribution < 1.29 is 0 Å². The summed E-state index contributed by atoms with van der Waals surface area (Å²) in [5.74, 6) is 0. The summed E-state index contributed by atoms with van der Waals surface area (Å²) < 4.78 is 0. The highest BCUT2D eigenvalue weighted by Gasteiger charge is 2.04.